The van der Waals surface area contributed by atoms with Crippen molar-refractivity contribution >= 4 is 78.2 Å². The average molecular weight is 847 g/mol. The zero-order chi connectivity index (χ0) is 37.5. The van der Waals surface area contributed by atoms with Crippen LogP contribution < -0.4 is 9.80 Å². The van der Waals surface area contributed by atoms with E-state index < -0.39 is 0 Å². The lowest BCUT2D eigenvalue weighted by Gasteiger charge is -2.17. The molecule has 0 aliphatic carbocycles. The molecule has 8 rings (SSSR count). The van der Waals surface area contributed by atoms with Crippen LogP contribution in [-0.2, 0) is 10.8 Å². The van der Waals surface area contributed by atoms with Crippen molar-refractivity contribution in [3.05, 3.63) is 128 Å². The van der Waals surface area contributed by atoms with E-state index in [2.05, 4.69) is 188 Å². The lowest BCUT2D eigenvalue weighted by Crippen LogP contribution is -2.28. The first-order chi connectivity index (χ1) is 26.1. The SMILES string of the molecule is CC1(C)C(/C=C/c2ccc(N3CCCC3)cc2)=[N+](CCCC[N+]2=C(/C=C/c3ccc(N4CCCC4)cc3)C(C)(C)c3cc(Br)ccc32)c2ccc(Br)cc21. The summed E-state index contributed by atoms with van der Waals surface area (Å²) in [6.07, 6.45) is 16.8. The third-order valence-corrected chi connectivity index (χ3v) is 13.3. The number of rotatable bonds is 11. The highest BCUT2D eigenvalue weighted by atomic mass is 79.9. The van der Waals surface area contributed by atoms with Gasteiger partial charge in [-0.2, -0.15) is 9.15 Å². The Balaban J connectivity index is 1.04. The van der Waals surface area contributed by atoms with Crippen LogP contribution in [0.1, 0.15) is 88.5 Å². The van der Waals surface area contributed by atoms with E-state index in [1.54, 1.807) is 0 Å². The van der Waals surface area contributed by atoms with Crippen molar-refractivity contribution in [3.8, 4) is 0 Å². The molecule has 4 heterocycles. The molecule has 0 unspecified atom stereocenters. The zero-order valence-electron chi connectivity index (χ0n) is 32.4. The molecule has 0 atom stereocenters. The Morgan fingerprint density at radius 1 is 0.519 bits per heavy atom. The molecule has 278 valence electrons. The highest BCUT2D eigenvalue weighted by Gasteiger charge is 2.46. The Morgan fingerprint density at radius 2 is 0.889 bits per heavy atom. The summed E-state index contributed by atoms with van der Waals surface area (Å²) in [7, 11) is 0. The number of anilines is 2. The molecule has 0 spiro atoms. The number of halogens is 2. The fourth-order valence-electron chi connectivity index (χ4n) is 9.21. The van der Waals surface area contributed by atoms with Crippen LogP contribution in [0.15, 0.2) is 106 Å². The summed E-state index contributed by atoms with van der Waals surface area (Å²) in [5.41, 5.74) is 13.1. The van der Waals surface area contributed by atoms with E-state index in [9.17, 15) is 0 Å². The Hall–Kier alpha value is -3.74. The number of hydrogen-bond donors (Lipinski definition) is 0. The van der Waals surface area contributed by atoms with E-state index in [0.717, 1.165) is 34.9 Å². The maximum atomic E-state index is 3.78. The third-order valence-electron chi connectivity index (χ3n) is 12.3. The molecular weight excluding hydrogens is 792 g/mol. The van der Waals surface area contributed by atoms with Gasteiger partial charge < -0.3 is 9.80 Å². The zero-order valence-corrected chi connectivity index (χ0v) is 35.6. The number of nitrogens with zero attached hydrogens (tertiary/aromatic N) is 4. The Morgan fingerprint density at radius 3 is 1.26 bits per heavy atom. The number of fused-ring (bicyclic) bond motifs is 2. The Kier molecular flexibility index (Phi) is 10.6. The van der Waals surface area contributed by atoms with Crippen LogP contribution in [0.25, 0.3) is 12.2 Å². The summed E-state index contributed by atoms with van der Waals surface area (Å²) in [5, 5.41) is 0. The number of unbranched alkanes of at least 4 members (excludes halogenated alkanes) is 1. The maximum absolute atomic E-state index is 3.78. The van der Waals surface area contributed by atoms with Crippen LogP contribution in [-0.4, -0.2) is 59.8 Å². The van der Waals surface area contributed by atoms with Crippen molar-refractivity contribution in [3.63, 3.8) is 0 Å². The molecule has 4 aliphatic heterocycles. The molecule has 0 aromatic heterocycles. The molecular formula is C48H54Br2N4+2. The van der Waals surface area contributed by atoms with Crippen molar-refractivity contribution in [1.29, 1.82) is 0 Å². The minimum atomic E-state index is -0.102. The van der Waals surface area contributed by atoms with Crippen LogP contribution in [0.2, 0.25) is 0 Å². The molecule has 4 aromatic carbocycles. The minimum Gasteiger partial charge on any atom is -0.372 e. The molecule has 0 bridgehead atoms. The molecule has 0 saturated carbocycles. The van der Waals surface area contributed by atoms with Gasteiger partial charge >= 0.3 is 0 Å². The van der Waals surface area contributed by atoms with E-state index in [4.69, 9.17) is 0 Å². The van der Waals surface area contributed by atoms with E-state index >= 15 is 0 Å². The summed E-state index contributed by atoms with van der Waals surface area (Å²) in [6.45, 7) is 16.2. The van der Waals surface area contributed by atoms with Crippen molar-refractivity contribution in [2.45, 2.75) is 77.0 Å². The predicted molar refractivity (Wildman–Crippen MR) is 237 cm³/mol. The Bertz CT molecular complexity index is 1990. The monoisotopic (exact) mass is 844 g/mol. The topological polar surface area (TPSA) is 12.5 Å². The van der Waals surface area contributed by atoms with Gasteiger partial charge in [0.1, 0.15) is 13.1 Å². The van der Waals surface area contributed by atoms with Crippen LogP contribution in [0.3, 0.4) is 0 Å². The van der Waals surface area contributed by atoms with Gasteiger partial charge in [0.2, 0.25) is 11.4 Å². The van der Waals surface area contributed by atoms with Crippen molar-refractivity contribution in [2.24, 2.45) is 0 Å². The van der Waals surface area contributed by atoms with Crippen molar-refractivity contribution in [2.75, 3.05) is 49.1 Å². The molecule has 54 heavy (non-hydrogen) atoms. The molecule has 4 aliphatic rings. The second-order valence-corrected chi connectivity index (χ2v) is 18.4. The van der Waals surface area contributed by atoms with E-state index in [0.29, 0.717) is 0 Å². The van der Waals surface area contributed by atoms with Gasteiger partial charge in [-0.25, -0.2) is 0 Å². The molecule has 2 saturated heterocycles. The standard InChI is InChI=1S/C48H54Br2N4/c1-47(2)41-33-37(49)17-23-43(41)53(45(47)25-15-35-11-19-39(20-12-35)51-27-5-6-28-51)31-9-10-32-54-44-24-18-38(50)34-42(44)48(3,4)46(54)26-16-36-13-21-40(22-14-36)52-29-7-8-30-52/h11-26,33-34H,5-10,27-32H2,1-4H3/q+2. The number of hydrogen-bond acceptors (Lipinski definition) is 2. The fourth-order valence-corrected chi connectivity index (χ4v) is 9.93. The first-order valence-electron chi connectivity index (χ1n) is 20.1. The van der Waals surface area contributed by atoms with Gasteiger partial charge in [0.15, 0.2) is 11.4 Å². The van der Waals surface area contributed by atoms with Gasteiger partial charge in [-0.1, -0.05) is 56.1 Å². The van der Waals surface area contributed by atoms with Gasteiger partial charge in [-0.05, 0) is 125 Å². The largest absolute Gasteiger partial charge is 0.372 e. The second-order valence-electron chi connectivity index (χ2n) is 16.6. The molecule has 0 radical (unpaired) electrons. The molecule has 4 nitrogen and oxygen atoms in total. The normalized spacial score (nSPS) is 18.9. The summed E-state index contributed by atoms with van der Waals surface area (Å²) in [6, 6.07) is 31.9. The first-order valence-corrected chi connectivity index (χ1v) is 21.6. The van der Waals surface area contributed by atoms with E-state index in [1.807, 2.05) is 0 Å². The maximum Gasteiger partial charge on any atom is 0.209 e. The van der Waals surface area contributed by atoms with Gasteiger partial charge in [0.25, 0.3) is 0 Å². The molecule has 0 amide bonds. The second kappa shape index (κ2) is 15.4. The highest BCUT2D eigenvalue weighted by molar-refractivity contribution is 9.10. The van der Waals surface area contributed by atoms with Crippen LogP contribution in [0, 0.1) is 0 Å². The smallest absolute Gasteiger partial charge is 0.209 e. The number of benzene rings is 4. The fraction of sp³-hybridized carbons (Fsp3) is 0.375. The average Bonchev–Trinajstić information content (AvgIpc) is 3.97. The molecule has 2 fully saturated rings. The van der Waals surface area contributed by atoms with Crippen LogP contribution in [0.4, 0.5) is 22.7 Å². The summed E-state index contributed by atoms with van der Waals surface area (Å²) in [4.78, 5) is 5.01. The quantitative estimate of drug-likeness (QED) is 0.110. The molecule has 0 N–H and O–H groups in total. The summed E-state index contributed by atoms with van der Waals surface area (Å²) >= 11 is 7.55. The van der Waals surface area contributed by atoms with Crippen molar-refractivity contribution in [1.82, 2.24) is 0 Å². The lowest BCUT2D eigenvalue weighted by molar-refractivity contribution is -0.451. The van der Waals surface area contributed by atoms with Gasteiger partial charge in [0.05, 0.1) is 10.8 Å². The van der Waals surface area contributed by atoms with E-state index in [1.165, 1.54) is 108 Å². The lowest BCUT2D eigenvalue weighted by atomic mass is 9.81. The Labute approximate surface area is 339 Å². The highest BCUT2D eigenvalue weighted by Crippen LogP contribution is 2.43. The summed E-state index contributed by atoms with van der Waals surface area (Å²) in [5.74, 6) is 0. The number of allylic oxidation sites excluding steroid dienone is 2. The van der Waals surface area contributed by atoms with Gasteiger partial charge in [0, 0.05) is 94.8 Å². The molecule has 4 aromatic rings. The van der Waals surface area contributed by atoms with Gasteiger partial charge in [-0.15, -0.1) is 0 Å². The van der Waals surface area contributed by atoms with Gasteiger partial charge in [-0.3, -0.25) is 0 Å². The first kappa shape index (κ1) is 37.2. The minimum absolute atomic E-state index is 0.102. The van der Waals surface area contributed by atoms with E-state index in [-0.39, 0.29) is 10.8 Å². The van der Waals surface area contributed by atoms with Crippen LogP contribution in [0.5, 0.6) is 0 Å². The predicted octanol–water partition coefficient (Wildman–Crippen LogP) is 12.1. The van der Waals surface area contributed by atoms with Crippen LogP contribution >= 0.6 is 31.9 Å². The summed E-state index contributed by atoms with van der Waals surface area (Å²) < 4.78 is 7.45. The third kappa shape index (κ3) is 7.33. The van der Waals surface area contributed by atoms with Crippen molar-refractivity contribution < 1.29 is 9.15 Å². The molecule has 6 heteroatoms.